The number of rotatable bonds is 3. The van der Waals surface area contributed by atoms with Gasteiger partial charge in [-0.3, -0.25) is 15.1 Å². The molecule has 0 saturated heterocycles. The first kappa shape index (κ1) is 14.2. The Morgan fingerprint density at radius 1 is 1.25 bits per heavy atom. The molecule has 0 atom stereocenters. The molecule has 2 aromatic rings. The smallest absolute Gasteiger partial charge is 0.270 e. The summed E-state index contributed by atoms with van der Waals surface area (Å²) in [7, 11) is 0. The largest absolute Gasteiger partial charge is 0.872 e. The van der Waals surface area contributed by atoms with Crippen molar-refractivity contribution in [3.63, 3.8) is 0 Å². The third-order valence-corrected chi connectivity index (χ3v) is 3.29. The van der Waals surface area contributed by atoms with Crippen LogP contribution in [0.1, 0.15) is 11.1 Å². The molecule has 0 aliphatic carbocycles. The van der Waals surface area contributed by atoms with Gasteiger partial charge in [-0.25, -0.2) is 0 Å². The first-order valence-electron chi connectivity index (χ1n) is 5.73. The highest BCUT2D eigenvalue weighted by atomic mass is 79.9. The lowest BCUT2D eigenvalue weighted by atomic mass is 10.2. The Bertz CT molecular complexity index is 699. The van der Waals surface area contributed by atoms with Crippen molar-refractivity contribution in [2.75, 3.05) is 0 Å². The van der Waals surface area contributed by atoms with Crippen LogP contribution < -0.4 is 5.11 Å². The van der Waals surface area contributed by atoms with Crippen LogP contribution >= 0.6 is 15.9 Å². The molecule has 102 valence electrons. The third kappa shape index (κ3) is 3.21. The van der Waals surface area contributed by atoms with Gasteiger partial charge >= 0.3 is 0 Å². The number of nitro groups is 1. The van der Waals surface area contributed by atoms with Gasteiger partial charge in [0.1, 0.15) is 0 Å². The van der Waals surface area contributed by atoms with Gasteiger partial charge in [0.15, 0.2) is 0 Å². The van der Waals surface area contributed by atoms with Crippen molar-refractivity contribution < 1.29 is 10.0 Å². The lowest BCUT2D eigenvalue weighted by Gasteiger charge is -2.08. The Morgan fingerprint density at radius 3 is 2.65 bits per heavy atom. The van der Waals surface area contributed by atoms with Gasteiger partial charge in [-0.2, -0.15) is 0 Å². The zero-order chi connectivity index (χ0) is 14.7. The second-order valence-corrected chi connectivity index (χ2v) is 5.05. The predicted octanol–water partition coefficient (Wildman–Crippen LogP) is 3.49. The summed E-state index contributed by atoms with van der Waals surface area (Å²) in [6, 6.07) is 9.16. The van der Waals surface area contributed by atoms with Crippen LogP contribution in [0, 0.1) is 17.0 Å². The molecule has 2 rings (SSSR count). The zero-order valence-electron chi connectivity index (χ0n) is 10.5. The number of benzene rings is 2. The standard InChI is InChI=1S/C14H11BrN2O3/c1-9-2-4-13(12(15)6-9)16-8-10-7-11(17(19)20)3-5-14(10)18/h2-8,18H,1H3/p-1. The van der Waals surface area contributed by atoms with E-state index in [9.17, 15) is 15.2 Å². The van der Waals surface area contributed by atoms with Crippen molar-refractivity contribution in [3.8, 4) is 5.75 Å². The topological polar surface area (TPSA) is 78.6 Å². The van der Waals surface area contributed by atoms with E-state index in [2.05, 4.69) is 20.9 Å². The van der Waals surface area contributed by atoms with Crippen LogP contribution in [0.15, 0.2) is 45.9 Å². The van der Waals surface area contributed by atoms with E-state index in [1.54, 1.807) is 6.07 Å². The molecular formula is C14H10BrN2O3-. The Labute approximate surface area is 123 Å². The molecule has 20 heavy (non-hydrogen) atoms. The lowest BCUT2D eigenvalue weighted by Crippen LogP contribution is -1.98. The monoisotopic (exact) mass is 333 g/mol. The molecule has 5 nitrogen and oxygen atoms in total. The maximum atomic E-state index is 11.6. The van der Waals surface area contributed by atoms with E-state index in [-0.39, 0.29) is 17.0 Å². The quantitative estimate of drug-likeness (QED) is 0.490. The van der Waals surface area contributed by atoms with Gasteiger partial charge in [-0.1, -0.05) is 17.9 Å². The average molecular weight is 334 g/mol. The van der Waals surface area contributed by atoms with Crippen LogP contribution in [0.2, 0.25) is 0 Å². The van der Waals surface area contributed by atoms with Crippen molar-refractivity contribution in [1.29, 1.82) is 0 Å². The second kappa shape index (κ2) is 5.83. The molecule has 2 aromatic carbocycles. The average Bonchev–Trinajstić information content (AvgIpc) is 2.39. The number of nitrogens with zero attached hydrogens (tertiary/aromatic N) is 2. The Kier molecular flexibility index (Phi) is 4.14. The summed E-state index contributed by atoms with van der Waals surface area (Å²) in [5.41, 5.74) is 1.79. The fourth-order valence-electron chi connectivity index (χ4n) is 1.61. The van der Waals surface area contributed by atoms with Gasteiger partial charge in [-0.05, 0) is 46.1 Å². The maximum Gasteiger partial charge on any atom is 0.270 e. The minimum Gasteiger partial charge on any atom is -0.872 e. The van der Waals surface area contributed by atoms with Crippen LogP contribution in [0.25, 0.3) is 0 Å². The van der Waals surface area contributed by atoms with E-state index in [0.717, 1.165) is 10.0 Å². The van der Waals surface area contributed by atoms with E-state index >= 15 is 0 Å². The molecule has 0 aliphatic heterocycles. The Balaban J connectivity index is 2.35. The summed E-state index contributed by atoms with van der Waals surface area (Å²) in [4.78, 5) is 14.3. The zero-order valence-corrected chi connectivity index (χ0v) is 12.1. The molecule has 6 heteroatoms. The number of hydrogen-bond donors (Lipinski definition) is 0. The first-order chi connectivity index (χ1) is 9.47. The third-order valence-electron chi connectivity index (χ3n) is 2.65. The molecule has 0 saturated carbocycles. The second-order valence-electron chi connectivity index (χ2n) is 4.19. The molecular weight excluding hydrogens is 324 g/mol. The van der Waals surface area contributed by atoms with Crippen molar-refractivity contribution in [2.45, 2.75) is 6.92 Å². The summed E-state index contributed by atoms with van der Waals surface area (Å²) < 4.78 is 0.798. The fourth-order valence-corrected chi connectivity index (χ4v) is 2.20. The lowest BCUT2D eigenvalue weighted by molar-refractivity contribution is -0.385. The highest BCUT2D eigenvalue weighted by Crippen LogP contribution is 2.27. The first-order valence-corrected chi connectivity index (χ1v) is 6.52. The van der Waals surface area contributed by atoms with E-state index in [1.165, 1.54) is 24.4 Å². The number of aliphatic imine (C=N–C) groups is 1. The summed E-state index contributed by atoms with van der Waals surface area (Å²) in [5, 5.41) is 22.3. The molecule has 0 aromatic heterocycles. The maximum absolute atomic E-state index is 11.6. The normalized spacial score (nSPS) is 10.9. The van der Waals surface area contributed by atoms with E-state index in [4.69, 9.17) is 0 Å². The van der Waals surface area contributed by atoms with E-state index in [1.807, 2.05) is 19.1 Å². The molecule has 0 N–H and O–H groups in total. The molecule has 0 amide bonds. The van der Waals surface area contributed by atoms with Crippen LogP contribution in [-0.2, 0) is 0 Å². The molecule has 0 unspecified atom stereocenters. The number of aryl methyl sites for hydroxylation is 1. The van der Waals surface area contributed by atoms with E-state index < -0.39 is 4.92 Å². The summed E-state index contributed by atoms with van der Waals surface area (Å²) in [6.07, 6.45) is 1.34. The van der Waals surface area contributed by atoms with Gasteiger partial charge in [0.2, 0.25) is 0 Å². The molecule has 0 heterocycles. The highest BCUT2D eigenvalue weighted by Gasteiger charge is 2.05. The summed E-state index contributed by atoms with van der Waals surface area (Å²) >= 11 is 3.38. The predicted molar refractivity (Wildman–Crippen MR) is 78.7 cm³/mol. The molecule has 0 aliphatic rings. The molecule has 0 fully saturated rings. The number of hydrogen-bond acceptors (Lipinski definition) is 4. The summed E-state index contributed by atoms with van der Waals surface area (Å²) in [5.74, 6) is -0.303. The van der Waals surface area contributed by atoms with Gasteiger partial charge in [-0.15, -0.1) is 0 Å². The molecule has 0 radical (unpaired) electrons. The number of halogens is 1. The van der Waals surface area contributed by atoms with Gasteiger partial charge in [0.25, 0.3) is 5.69 Å². The number of nitro benzene ring substituents is 1. The highest BCUT2D eigenvalue weighted by molar-refractivity contribution is 9.10. The van der Waals surface area contributed by atoms with Gasteiger partial charge in [0, 0.05) is 22.8 Å². The van der Waals surface area contributed by atoms with Crippen molar-refractivity contribution in [2.24, 2.45) is 4.99 Å². The van der Waals surface area contributed by atoms with Crippen molar-refractivity contribution in [1.82, 2.24) is 0 Å². The van der Waals surface area contributed by atoms with E-state index in [0.29, 0.717) is 5.69 Å². The summed E-state index contributed by atoms with van der Waals surface area (Å²) in [6.45, 7) is 1.95. The molecule has 0 spiro atoms. The van der Waals surface area contributed by atoms with Crippen LogP contribution in [0.4, 0.5) is 11.4 Å². The Morgan fingerprint density at radius 2 is 2.00 bits per heavy atom. The minimum atomic E-state index is -0.543. The number of non-ortho nitro benzene ring substituents is 1. The van der Waals surface area contributed by atoms with Gasteiger partial charge < -0.3 is 5.11 Å². The Hall–Kier alpha value is -2.21. The SMILES string of the molecule is Cc1ccc(N=Cc2cc([N+](=O)[O-])ccc2[O-])c(Br)c1. The fraction of sp³-hybridized carbons (Fsp3) is 0.0714. The van der Waals surface area contributed by atoms with Crippen molar-refractivity contribution >= 4 is 33.5 Å². The van der Waals surface area contributed by atoms with Crippen LogP contribution in [0.5, 0.6) is 5.75 Å². The molecule has 0 bridgehead atoms. The van der Waals surface area contributed by atoms with Gasteiger partial charge in [0.05, 0.1) is 10.6 Å². The minimum absolute atomic E-state index is 0.131. The van der Waals surface area contributed by atoms with Crippen LogP contribution in [-0.4, -0.2) is 11.1 Å². The van der Waals surface area contributed by atoms with Crippen LogP contribution in [0.3, 0.4) is 0 Å². The van der Waals surface area contributed by atoms with Crippen molar-refractivity contribution in [3.05, 3.63) is 62.1 Å².